The number of anilines is 1. The maximum Gasteiger partial charge on any atom is 0.131 e. The van der Waals surface area contributed by atoms with E-state index in [1.54, 1.807) is 0 Å². The zero-order valence-corrected chi connectivity index (χ0v) is 14.5. The second kappa shape index (κ2) is 7.99. The van der Waals surface area contributed by atoms with Crippen molar-refractivity contribution in [3.8, 4) is 0 Å². The van der Waals surface area contributed by atoms with Crippen molar-refractivity contribution >= 4 is 17.4 Å². The number of aromatic nitrogens is 2. The third-order valence-electron chi connectivity index (χ3n) is 3.86. The van der Waals surface area contributed by atoms with Crippen LogP contribution in [0.4, 0.5) is 5.69 Å². The van der Waals surface area contributed by atoms with E-state index in [4.69, 9.17) is 4.98 Å². The Hall–Kier alpha value is -0.810. The highest BCUT2D eigenvalue weighted by atomic mass is 32.2. The van der Waals surface area contributed by atoms with Gasteiger partial charge in [0.05, 0.1) is 17.6 Å². The summed E-state index contributed by atoms with van der Waals surface area (Å²) < 4.78 is 0. The molecule has 1 saturated heterocycles. The molecule has 0 bridgehead atoms. The lowest BCUT2D eigenvalue weighted by molar-refractivity contribution is 0.669. The van der Waals surface area contributed by atoms with Gasteiger partial charge in [0.1, 0.15) is 5.82 Å². The van der Waals surface area contributed by atoms with E-state index in [9.17, 15) is 0 Å². The van der Waals surface area contributed by atoms with Crippen LogP contribution < -0.4 is 10.2 Å². The molecule has 1 unspecified atom stereocenters. The zero-order chi connectivity index (χ0) is 15.2. The summed E-state index contributed by atoms with van der Waals surface area (Å²) in [5.74, 6) is 2.52. The molecule has 2 rings (SSSR count). The smallest absolute Gasteiger partial charge is 0.131 e. The minimum Gasteiger partial charge on any atom is -0.367 e. The summed E-state index contributed by atoms with van der Waals surface area (Å²) in [7, 11) is 0. The molecule has 0 aromatic carbocycles. The van der Waals surface area contributed by atoms with Gasteiger partial charge in [0.2, 0.25) is 0 Å². The summed E-state index contributed by atoms with van der Waals surface area (Å²) in [5, 5.41) is 4.15. The first-order chi connectivity index (χ1) is 10.2. The molecule has 2 heterocycles. The third-order valence-corrected chi connectivity index (χ3v) is 5.23. The van der Waals surface area contributed by atoms with Gasteiger partial charge < -0.3 is 10.2 Å². The first-order valence-corrected chi connectivity index (χ1v) is 9.13. The lowest BCUT2D eigenvalue weighted by Gasteiger charge is -2.34. The van der Waals surface area contributed by atoms with Gasteiger partial charge in [0.25, 0.3) is 0 Å². The monoisotopic (exact) mass is 308 g/mol. The fourth-order valence-corrected chi connectivity index (χ4v) is 3.71. The van der Waals surface area contributed by atoms with E-state index >= 15 is 0 Å². The van der Waals surface area contributed by atoms with Gasteiger partial charge in [-0.1, -0.05) is 27.7 Å². The fourth-order valence-electron chi connectivity index (χ4n) is 2.53. The molecule has 1 aromatic heterocycles. The Labute approximate surface area is 133 Å². The average Bonchev–Trinajstić information content (AvgIpc) is 2.52. The van der Waals surface area contributed by atoms with Crippen molar-refractivity contribution in [3.63, 3.8) is 0 Å². The normalized spacial score (nSPS) is 19.3. The van der Waals surface area contributed by atoms with E-state index in [-0.39, 0.29) is 0 Å². The van der Waals surface area contributed by atoms with Gasteiger partial charge in [-0.25, -0.2) is 9.97 Å². The maximum absolute atomic E-state index is 4.81. The minimum atomic E-state index is 0.375. The van der Waals surface area contributed by atoms with E-state index < -0.39 is 0 Å². The van der Waals surface area contributed by atoms with Crippen molar-refractivity contribution in [3.05, 3.63) is 17.7 Å². The van der Waals surface area contributed by atoms with E-state index in [0.29, 0.717) is 5.92 Å². The predicted octanol–water partition coefficient (Wildman–Crippen LogP) is 3.04. The number of nitrogens with zero attached hydrogens (tertiary/aromatic N) is 3. The van der Waals surface area contributed by atoms with Crippen LogP contribution in [0.25, 0.3) is 0 Å². The van der Waals surface area contributed by atoms with Gasteiger partial charge in [-0.2, -0.15) is 11.8 Å². The fraction of sp³-hybridized carbons (Fsp3) is 0.750. The number of nitrogens with one attached hydrogen (secondary N) is 1. The Morgan fingerprint density at radius 2 is 2.24 bits per heavy atom. The molecule has 1 aromatic rings. The molecule has 1 aliphatic heterocycles. The van der Waals surface area contributed by atoms with Crippen molar-refractivity contribution in [2.24, 2.45) is 0 Å². The standard InChI is InChI=1S/C16H28N4S/c1-5-13-11-20(7-8-21-13)15-10-18-16(12(3)4)19-14(15)9-17-6-2/h10,12-13,17H,5-9,11H2,1-4H3. The van der Waals surface area contributed by atoms with E-state index in [0.717, 1.165) is 42.9 Å². The van der Waals surface area contributed by atoms with Crippen molar-refractivity contribution in [1.29, 1.82) is 0 Å². The van der Waals surface area contributed by atoms with Gasteiger partial charge in [0.15, 0.2) is 0 Å². The second-order valence-electron chi connectivity index (χ2n) is 5.84. The summed E-state index contributed by atoms with van der Waals surface area (Å²) in [6.45, 7) is 12.7. The van der Waals surface area contributed by atoms with Gasteiger partial charge in [0, 0.05) is 36.6 Å². The second-order valence-corrected chi connectivity index (χ2v) is 7.25. The van der Waals surface area contributed by atoms with Crippen molar-refractivity contribution in [2.45, 2.75) is 51.8 Å². The number of thioether (sulfide) groups is 1. The topological polar surface area (TPSA) is 41.1 Å². The largest absolute Gasteiger partial charge is 0.367 e. The average molecular weight is 308 g/mol. The number of hydrogen-bond donors (Lipinski definition) is 1. The van der Waals surface area contributed by atoms with Crippen LogP contribution >= 0.6 is 11.8 Å². The Bertz CT molecular complexity index is 450. The summed E-state index contributed by atoms with van der Waals surface area (Å²) >= 11 is 2.10. The third kappa shape index (κ3) is 4.33. The quantitative estimate of drug-likeness (QED) is 0.875. The molecule has 0 aliphatic carbocycles. The Balaban J connectivity index is 2.23. The molecule has 0 saturated carbocycles. The first-order valence-electron chi connectivity index (χ1n) is 8.08. The molecular formula is C16H28N4S. The van der Waals surface area contributed by atoms with Crippen LogP contribution in [0.15, 0.2) is 6.20 Å². The molecule has 1 N–H and O–H groups in total. The van der Waals surface area contributed by atoms with Crippen LogP contribution in [0.3, 0.4) is 0 Å². The molecule has 21 heavy (non-hydrogen) atoms. The summed E-state index contributed by atoms with van der Waals surface area (Å²) in [6.07, 6.45) is 3.27. The highest BCUT2D eigenvalue weighted by Gasteiger charge is 2.22. The molecule has 5 heteroatoms. The van der Waals surface area contributed by atoms with Crippen molar-refractivity contribution in [2.75, 3.05) is 30.3 Å². The molecule has 1 aliphatic rings. The van der Waals surface area contributed by atoms with Crippen LogP contribution in [0.5, 0.6) is 0 Å². The van der Waals surface area contributed by atoms with E-state index in [1.807, 2.05) is 6.20 Å². The molecular weight excluding hydrogens is 280 g/mol. The molecule has 0 amide bonds. The Morgan fingerprint density at radius 1 is 1.43 bits per heavy atom. The van der Waals surface area contributed by atoms with Crippen molar-refractivity contribution < 1.29 is 0 Å². The Kier molecular flexibility index (Phi) is 6.30. The summed E-state index contributed by atoms with van der Waals surface area (Å²) in [5.41, 5.74) is 2.37. The molecule has 1 fully saturated rings. The van der Waals surface area contributed by atoms with Gasteiger partial charge in [-0.05, 0) is 13.0 Å². The highest BCUT2D eigenvalue weighted by Crippen LogP contribution is 2.27. The molecule has 4 nitrogen and oxygen atoms in total. The number of hydrogen-bond acceptors (Lipinski definition) is 5. The molecule has 118 valence electrons. The zero-order valence-electron chi connectivity index (χ0n) is 13.7. The van der Waals surface area contributed by atoms with Crippen LogP contribution in [0.1, 0.15) is 51.6 Å². The summed E-state index contributed by atoms with van der Waals surface area (Å²) in [4.78, 5) is 11.9. The van der Waals surface area contributed by atoms with Gasteiger partial charge in [-0.15, -0.1) is 0 Å². The van der Waals surface area contributed by atoms with Crippen LogP contribution in [0, 0.1) is 0 Å². The summed E-state index contributed by atoms with van der Waals surface area (Å²) in [6, 6.07) is 0. The number of rotatable bonds is 6. The Morgan fingerprint density at radius 3 is 2.90 bits per heavy atom. The van der Waals surface area contributed by atoms with E-state index in [2.05, 4.69) is 54.7 Å². The van der Waals surface area contributed by atoms with E-state index in [1.165, 1.54) is 17.9 Å². The SMILES string of the molecule is CCNCc1nc(C(C)C)ncc1N1CCSC(CC)C1. The van der Waals surface area contributed by atoms with Gasteiger partial charge in [-0.3, -0.25) is 0 Å². The van der Waals surface area contributed by atoms with Crippen LogP contribution in [-0.2, 0) is 6.54 Å². The molecule has 1 atom stereocenters. The van der Waals surface area contributed by atoms with Crippen LogP contribution in [-0.4, -0.2) is 40.6 Å². The first kappa shape index (κ1) is 16.6. The minimum absolute atomic E-state index is 0.375. The van der Waals surface area contributed by atoms with Gasteiger partial charge >= 0.3 is 0 Å². The molecule has 0 spiro atoms. The highest BCUT2D eigenvalue weighted by molar-refractivity contribution is 8.00. The van der Waals surface area contributed by atoms with Crippen LogP contribution in [0.2, 0.25) is 0 Å². The lowest BCUT2D eigenvalue weighted by atomic mass is 10.2. The maximum atomic E-state index is 4.81. The predicted molar refractivity (Wildman–Crippen MR) is 92.3 cm³/mol. The lowest BCUT2D eigenvalue weighted by Crippen LogP contribution is -2.38. The molecule has 0 radical (unpaired) electrons. The van der Waals surface area contributed by atoms with Crippen molar-refractivity contribution in [1.82, 2.24) is 15.3 Å².